The standard InChI is InChI=1S/C28H25FN6O/c1-17-11-26(31)32-16-25(17)22-5-3-19(4-6-22)14-33-27-24(12-20(13-30)15-34-27)28(36)35-18(2)21-7-9-23(29)10-8-21/h3-12,15-16,18H,14H2,1-2H3,(H2,31,32)(H,33,34)(H,35,36)/t18-/m0/s1. The van der Waals surface area contributed by atoms with Gasteiger partial charge in [0.25, 0.3) is 5.91 Å². The quantitative estimate of drug-likeness (QED) is 0.337. The Bertz CT molecular complexity index is 1430. The second-order valence-electron chi connectivity index (χ2n) is 8.45. The molecule has 0 aliphatic heterocycles. The van der Waals surface area contributed by atoms with Gasteiger partial charge < -0.3 is 16.4 Å². The zero-order chi connectivity index (χ0) is 25.7. The Morgan fingerprint density at radius 1 is 1.08 bits per heavy atom. The molecule has 0 aliphatic carbocycles. The van der Waals surface area contributed by atoms with E-state index in [9.17, 15) is 14.4 Å². The molecule has 0 saturated heterocycles. The number of hydrogen-bond acceptors (Lipinski definition) is 6. The van der Waals surface area contributed by atoms with Crippen LogP contribution in [-0.4, -0.2) is 15.9 Å². The third kappa shape index (κ3) is 5.65. The van der Waals surface area contributed by atoms with Crippen molar-refractivity contribution in [3.8, 4) is 17.2 Å². The van der Waals surface area contributed by atoms with Crippen molar-refractivity contribution >= 4 is 17.5 Å². The number of aryl methyl sites for hydroxylation is 1. The second-order valence-corrected chi connectivity index (χ2v) is 8.45. The van der Waals surface area contributed by atoms with Gasteiger partial charge in [-0.3, -0.25) is 4.79 Å². The summed E-state index contributed by atoms with van der Waals surface area (Å²) < 4.78 is 13.2. The molecule has 2 aromatic carbocycles. The summed E-state index contributed by atoms with van der Waals surface area (Å²) in [6, 6.07) is 18.9. The summed E-state index contributed by atoms with van der Waals surface area (Å²) in [7, 11) is 0. The van der Waals surface area contributed by atoms with Crippen LogP contribution in [0.4, 0.5) is 16.0 Å². The molecule has 8 heteroatoms. The number of rotatable bonds is 7. The monoisotopic (exact) mass is 480 g/mol. The van der Waals surface area contributed by atoms with Crippen molar-refractivity contribution in [3.63, 3.8) is 0 Å². The topological polar surface area (TPSA) is 117 Å². The number of nitrogen functional groups attached to an aromatic ring is 1. The summed E-state index contributed by atoms with van der Waals surface area (Å²) in [4.78, 5) is 21.5. The maximum Gasteiger partial charge on any atom is 0.255 e. The van der Waals surface area contributed by atoms with E-state index in [0.29, 0.717) is 18.2 Å². The lowest BCUT2D eigenvalue weighted by atomic mass is 10.0. The molecule has 0 fully saturated rings. The van der Waals surface area contributed by atoms with Gasteiger partial charge in [0.15, 0.2) is 0 Å². The number of benzene rings is 2. The second kappa shape index (κ2) is 10.7. The molecule has 1 atom stereocenters. The van der Waals surface area contributed by atoms with Gasteiger partial charge >= 0.3 is 0 Å². The van der Waals surface area contributed by atoms with Crippen LogP contribution >= 0.6 is 0 Å². The molecule has 0 unspecified atom stereocenters. The van der Waals surface area contributed by atoms with Gasteiger partial charge in [-0.15, -0.1) is 0 Å². The van der Waals surface area contributed by atoms with E-state index >= 15 is 0 Å². The van der Waals surface area contributed by atoms with Gasteiger partial charge in [0.2, 0.25) is 0 Å². The Morgan fingerprint density at radius 2 is 1.81 bits per heavy atom. The number of anilines is 2. The predicted molar refractivity (Wildman–Crippen MR) is 137 cm³/mol. The van der Waals surface area contributed by atoms with Crippen LogP contribution in [0.3, 0.4) is 0 Å². The zero-order valence-electron chi connectivity index (χ0n) is 19.9. The minimum absolute atomic E-state index is 0.253. The van der Waals surface area contributed by atoms with Gasteiger partial charge in [0.05, 0.1) is 17.2 Å². The van der Waals surface area contributed by atoms with Crippen LogP contribution in [0.15, 0.2) is 73.1 Å². The molecule has 0 spiro atoms. The maximum atomic E-state index is 13.2. The SMILES string of the molecule is Cc1cc(N)ncc1-c1ccc(CNc2ncc(C#N)cc2C(=O)N[C@@H](C)c2ccc(F)cc2)cc1. The molecular weight excluding hydrogens is 455 g/mol. The average Bonchev–Trinajstić information content (AvgIpc) is 2.88. The third-order valence-corrected chi connectivity index (χ3v) is 5.84. The molecule has 180 valence electrons. The van der Waals surface area contributed by atoms with Crippen LogP contribution in [0, 0.1) is 24.1 Å². The number of pyridine rings is 2. The number of carbonyl (C=O) groups is 1. The minimum Gasteiger partial charge on any atom is -0.384 e. The van der Waals surface area contributed by atoms with Crippen LogP contribution in [0.25, 0.3) is 11.1 Å². The summed E-state index contributed by atoms with van der Waals surface area (Å²) in [6.07, 6.45) is 3.18. The van der Waals surface area contributed by atoms with Gasteiger partial charge in [-0.1, -0.05) is 36.4 Å². The first-order valence-corrected chi connectivity index (χ1v) is 11.4. The first kappa shape index (κ1) is 24.4. The fraction of sp³-hybridized carbons (Fsp3) is 0.143. The number of aromatic nitrogens is 2. The summed E-state index contributed by atoms with van der Waals surface area (Å²) in [5.41, 5.74) is 11.1. The molecule has 2 aromatic heterocycles. The Labute approximate surface area is 208 Å². The highest BCUT2D eigenvalue weighted by Crippen LogP contribution is 2.24. The number of hydrogen-bond donors (Lipinski definition) is 3. The number of amides is 1. The average molecular weight is 481 g/mol. The van der Waals surface area contributed by atoms with Gasteiger partial charge in [0, 0.05) is 24.5 Å². The number of nitrogens with zero attached hydrogens (tertiary/aromatic N) is 3. The van der Waals surface area contributed by atoms with E-state index in [2.05, 4.69) is 20.6 Å². The molecule has 0 bridgehead atoms. The van der Waals surface area contributed by atoms with Crippen LogP contribution in [0.5, 0.6) is 0 Å². The molecule has 4 aromatic rings. The molecule has 0 radical (unpaired) electrons. The van der Waals surface area contributed by atoms with Crippen molar-refractivity contribution < 1.29 is 9.18 Å². The van der Waals surface area contributed by atoms with Crippen molar-refractivity contribution in [2.45, 2.75) is 26.4 Å². The summed E-state index contributed by atoms with van der Waals surface area (Å²) in [5, 5.41) is 15.4. The molecule has 7 nitrogen and oxygen atoms in total. The third-order valence-electron chi connectivity index (χ3n) is 5.84. The number of carbonyl (C=O) groups excluding carboxylic acids is 1. The first-order chi connectivity index (χ1) is 17.3. The summed E-state index contributed by atoms with van der Waals surface area (Å²) in [6.45, 7) is 4.22. The molecule has 0 aliphatic rings. The number of nitrogens with two attached hydrogens (primary N) is 1. The van der Waals surface area contributed by atoms with Crippen molar-refractivity contribution in [2.75, 3.05) is 11.1 Å². The lowest BCUT2D eigenvalue weighted by Gasteiger charge is -2.16. The van der Waals surface area contributed by atoms with Crippen LogP contribution in [0.1, 0.15) is 45.6 Å². The Balaban J connectivity index is 1.49. The van der Waals surface area contributed by atoms with E-state index in [0.717, 1.165) is 27.8 Å². The van der Waals surface area contributed by atoms with Gasteiger partial charge in [-0.25, -0.2) is 14.4 Å². The molecule has 4 rings (SSSR count). The van der Waals surface area contributed by atoms with Crippen LogP contribution in [0.2, 0.25) is 0 Å². The van der Waals surface area contributed by atoms with Gasteiger partial charge in [-0.05, 0) is 60.4 Å². The van der Waals surface area contributed by atoms with Crippen LogP contribution < -0.4 is 16.4 Å². The highest BCUT2D eigenvalue weighted by atomic mass is 19.1. The van der Waals surface area contributed by atoms with E-state index in [1.807, 2.05) is 43.3 Å². The Kier molecular flexibility index (Phi) is 7.21. The van der Waals surface area contributed by atoms with Crippen LogP contribution in [-0.2, 0) is 6.54 Å². The van der Waals surface area contributed by atoms with Crippen molar-refractivity contribution in [1.82, 2.24) is 15.3 Å². The number of nitriles is 1. The molecule has 36 heavy (non-hydrogen) atoms. The summed E-state index contributed by atoms with van der Waals surface area (Å²) >= 11 is 0. The lowest BCUT2D eigenvalue weighted by molar-refractivity contribution is 0.0940. The molecule has 2 heterocycles. The van der Waals surface area contributed by atoms with E-state index in [4.69, 9.17) is 5.73 Å². The fourth-order valence-electron chi connectivity index (χ4n) is 3.82. The predicted octanol–water partition coefficient (Wildman–Crippen LogP) is 5.15. The molecule has 4 N–H and O–H groups in total. The van der Waals surface area contributed by atoms with E-state index in [1.165, 1.54) is 24.4 Å². The van der Waals surface area contributed by atoms with E-state index in [1.54, 1.807) is 25.3 Å². The fourth-order valence-corrected chi connectivity index (χ4v) is 3.82. The Morgan fingerprint density at radius 3 is 2.47 bits per heavy atom. The van der Waals surface area contributed by atoms with Crippen molar-refractivity contribution in [3.05, 3.63) is 107 Å². The zero-order valence-corrected chi connectivity index (χ0v) is 19.9. The molecule has 0 saturated carbocycles. The summed E-state index contributed by atoms with van der Waals surface area (Å²) in [5.74, 6) is 0.114. The minimum atomic E-state index is -0.388. The highest BCUT2D eigenvalue weighted by molar-refractivity contribution is 5.99. The van der Waals surface area contributed by atoms with Crippen molar-refractivity contribution in [1.29, 1.82) is 5.26 Å². The van der Waals surface area contributed by atoms with Crippen molar-refractivity contribution in [2.24, 2.45) is 0 Å². The van der Waals surface area contributed by atoms with Gasteiger partial charge in [0.1, 0.15) is 23.5 Å². The Hall–Kier alpha value is -4.77. The first-order valence-electron chi connectivity index (χ1n) is 11.4. The largest absolute Gasteiger partial charge is 0.384 e. The van der Waals surface area contributed by atoms with E-state index in [-0.39, 0.29) is 28.9 Å². The highest BCUT2D eigenvalue weighted by Gasteiger charge is 2.17. The molecular formula is C28H25FN6O. The number of halogens is 1. The maximum absolute atomic E-state index is 13.2. The van der Waals surface area contributed by atoms with E-state index < -0.39 is 0 Å². The molecule has 1 amide bonds. The van der Waals surface area contributed by atoms with Gasteiger partial charge in [-0.2, -0.15) is 5.26 Å². The normalized spacial score (nSPS) is 11.4. The lowest BCUT2D eigenvalue weighted by Crippen LogP contribution is -2.28. The number of nitrogens with one attached hydrogen (secondary N) is 2. The smallest absolute Gasteiger partial charge is 0.255 e.